The van der Waals surface area contributed by atoms with Gasteiger partial charge in [0.25, 0.3) is 0 Å². The molecule has 152 valence electrons. The minimum atomic E-state index is -3.43. The number of Topliss-reactive ketones (excluding diaryl/α,β-unsaturated/α-hetero) is 2. The lowest BCUT2D eigenvalue weighted by atomic mass is 9.61. The fourth-order valence-corrected chi connectivity index (χ4v) is 6.89. The lowest BCUT2D eigenvalue weighted by Crippen LogP contribution is -2.49. The Labute approximate surface area is 167 Å². The van der Waals surface area contributed by atoms with E-state index in [1.807, 2.05) is 0 Å². The first-order valence-corrected chi connectivity index (χ1v) is 12.0. The van der Waals surface area contributed by atoms with Crippen molar-refractivity contribution in [1.29, 1.82) is 0 Å². The zero-order valence-corrected chi connectivity index (χ0v) is 18.0. The lowest BCUT2D eigenvalue weighted by molar-refractivity contribution is -0.140. The molecule has 1 aliphatic heterocycles. The van der Waals surface area contributed by atoms with Crippen molar-refractivity contribution in [3.8, 4) is 0 Å². The number of ketones is 2. The number of piperidine rings is 1. The topological polar surface area (TPSA) is 71.5 Å². The second-order valence-corrected chi connectivity index (χ2v) is 11.6. The summed E-state index contributed by atoms with van der Waals surface area (Å²) in [4.78, 5) is 26.2. The van der Waals surface area contributed by atoms with Gasteiger partial charge in [-0.2, -0.15) is 0 Å². The van der Waals surface area contributed by atoms with Crippen molar-refractivity contribution in [2.45, 2.75) is 59.3 Å². The van der Waals surface area contributed by atoms with Gasteiger partial charge in [0.15, 0.2) is 0 Å². The van der Waals surface area contributed by atoms with Crippen LogP contribution in [0.15, 0.2) is 11.1 Å². The van der Waals surface area contributed by atoms with E-state index in [2.05, 4.69) is 20.8 Å². The molecule has 3 aliphatic rings. The summed E-state index contributed by atoms with van der Waals surface area (Å²) in [6, 6.07) is 0. The van der Waals surface area contributed by atoms with Crippen molar-refractivity contribution in [2.24, 2.45) is 23.2 Å². The number of nitrogens with zero attached hydrogens (tertiary/aromatic N) is 1. The number of hydrogen-bond donors (Lipinski definition) is 0. The maximum absolute atomic E-state index is 13.1. The van der Waals surface area contributed by atoms with Gasteiger partial charge < -0.3 is 0 Å². The highest BCUT2D eigenvalue weighted by atomic mass is 35.5. The van der Waals surface area contributed by atoms with E-state index in [-0.39, 0.29) is 22.9 Å². The van der Waals surface area contributed by atoms with Crippen LogP contribution in [0.5, 0.6) is 0 Å². The van der Waals surface area contributed by atoms with E-state index in [9.17, 15) is 18.0 Å². The average molecular weight is 416 g/mol. The maximum Gasteiger partial charge on any atom is 0.228 e. The van der Waals surface area contributed by atoms with Gasteiger partial charge in [0.2, 0.25) is 10.0 Å². The molecule has 2 aliphatic carbocycles. The fraction of sp³-hybridized carbons (Fsp3) is 0.800. The number of rotatable bonds is 3. The lowest BCUT2D eigenvalue weighted by Gasteiger charge is -2.45. The number of halogens is 1. The molecule has 0 N–H and O–H groups in total. The maximum atomic E-state index is 13.1. The summed E-state index contributed by atoms with van der Waals surface area (Å²) in [7, 11) is -3.43. The Morgan fingerprint density at radius 2 is 1.67 bits per heavy atom. The first-order valence-electron chi connectivity index (χ1n) is 9.87. The first kappa shape index (κ1) is 21.0. The number of carbonyl (C=O) groups excluding carboxylic acids is 2. The molecule has 7 heteroatoms. The highest BCUT2D eigenvalue weighted by molar-refractivity contribution is 7.90. The predicted octanol–water partition coefficient (Wildman–Crippen LogP) is 3.53. The third-order valence-electron chi connectivity index (χ3n) is 6.80. The fourth-order valence-electron chi connectivity index (χ4n) is 5.60. The van der Waals surface area contributed by atoms with Crippen LogP contribution in [0.2, 0.25) is 0 Å². The summed E-state index contributed by atoms with van der Waals surface area (Å²) < 4.78 is 25.3. The smallest absolute Gasteiger partial charge is 0.228 e. The molecule has 27 heavy (non-hydrogen) atoms. The van der Waals surface area contributed by atoms with Crippen LogP contribution in [0, 0.1) is 23.2 Å². The third kappa shape index (κ3) is 4.03. The summed E-state index contributed by atoms with van der Waals surface area (Å²) >= 11 is 5.55. The molecular weight excluding hydrogens is 386 g/mol. The van der Waals surface area contributed by atoms with E-state index < -0.39 is 21.2 Å². The largest absolute Gasteiger partial charge is 0.299 e. The number of alkyl halides is 1. The van der Waals surface area contributed by atoms with Crippen molar-refractivity contribution in [2.75, 3.05) is 18.3 Å². The van der Waals surface area contributed by atoms with Gasteiger partial charge in [-0.25, -0.2) is 12.7 Å². The molecule has 0 aromatic heterocycles. The molecule has 2 atom stereocenters. The summed E-state index contributed by atoms with van der Waals surface area (Å²) in [5, 5.41) is -0.427. The number of sulfonamides is 1. The Morgan fingerprint density at radius 1 is 1.11 bits per heavy atom. The summed E-state index contributed by atoms with van der Waals surface area (Å²) in [6.45, 7) is 7.11. The van der Waals surface area contributed by atoms with Crippen LogP contribution in [0.4, 0.5) is 0 Å². The van der Waals surface area contributed by atoms with E-state index in [4.69, 9.17) is 11.6 Å². The van der Waals surface area contributed by atoms with Gasteiger partial charge in [-0.3, -0.25) is 9.59 Å². The Kier molecular flexibility index (Phi) is 5.91. The second-order valence-electron chi connectivity index (χ2n) is 9.02. The molecular formula is C20H30ClNO4S. The van der Waals surface area contributed by atoms with Crippen LogP contribution >= 0.6 is 11.6 Å². The van der Waals surface area contributed by atoms with E-state index in [1.54, 1.807) is 0 Å². The molecule has 2 fully saturated rings. The molecule has 1 saturated carbocycles. The van der Waals surface area contributed by atoms with Crippen LogP contribution in [-0.4, -0.2) is 42.6 Å². The summed E-state index contributed by atoms with van der Waals surface area (Å²) in [6.07, 6.45) is 3.87. The monoisotopic (exact) mass is 415 g/mol. The molecule has 3 rings (SSSR count). The third-order valence-corrected chi connectivity index (χ3v) is 9.06. The van der Waals surface area contributed by atoms with Gasteiger partial charge in [0, 0.05) is 25.9 Å². The van der Waals surface area contributed by atoms with Gasteiger partial charge in [-0.1, -0.05) is 25.0 Å². The number of carbonyl (C=O) groups is 2. The molecule has 1 saturated heterocycles. The quantitative estimate of drug-likeness (QED) is 0.401. The van der Waals surface area contributed by atoms with E-state index >= 15 is 0 Å². The Morgan fingerprint density at radius 3 is 2.15 bits per heavy atom. The Bertz CT molecular complexity index is 745. The van der Waals surface area contributed by atoms with Crippen LogP contribution < -0.4 is 0 Å². The molecule has 0 bridgehead atoms. The minimum absolute atomic E-state index is 0.0376. The van der Waals surface area contributed by atoms with Crippen molar-refractivity contribution in [3.05, 3.63) is 11.1 Å². The summed E-state index contributed by atoms with van der Waals surface area (Å²) in [5.74, 6) is 0.377. The molecule has 0 aromatic carbocycles. The standard InChI is InChI=1S/C20H30ClNO4S/c1-13-8-14(2)18(15(3)9-13)19-16(23)10-20(11-17(19)24)4-6-22(7-5-20)27(25,26)12-21/h13-14,19H,4-12H2,1-3H3. The van der Waals surface area contributed by atoms with Gasteiger partial charge >= 0.3 is 0 Å². The van der Waals surface area contributed by atoms with E-state index in [0.29, 0.717) is 44.7 Å². The summed E-state index contributed by atoms with van der Waals surface area (Å²) in [5.41, 5.74) is 1.91. The van der Waals surface area contributed by atoms with E-state index in [0.717, 1.165) is 18.4 Å². The molecule has 0 amide bonds. The highest BCUT2D eigenvalue weighted by Crippen LogP contribution is 2.48. The van der Waals surface area contributed by atoms with Crippen molar-refractivity contribution in [1.82, 2.24) is 4.31 Å². The normalized spacial score (nSPS) is 31.0. The van der Waals surface area contributed by atoms with Crippen LogP contribution in [-0.2, 0) is 19.6 Å². The number of allylic oxidation sites excluding steroid dienone is 2. The molecule has 0 aromatic rings. The first-order chi connectivity index (χ1) is 12.6. The molecule has 1 heterocycles. The van der Waals surface area contributed by atoms with Crippen LogP contribution in [0.1, 0.15) is 59.3 Å². The van der Waals surface area contributed by atoms with Gasteiger partial charge in [0.05, 0.1) is 5.92 Å². The molecule has 2 unspecified atom stereocenters. The Balaban J connectivity index is 1.76. The highest BCUT2D eigenvalue weighted by Gasteiger charge is 2.49. The number of hydrogen-bond acceptors (Lipinski definition) is 4. The van der Waals surface area contributed by atoms with Gasteiger partial charge in [0.1, 0.15) is 16.8 Å². The zero-order chi connectivity index (χ0) is 20.0. The zero-order valence-electron chi connectivity index (χ0n) is 16.5. The predicted molar refractivity (Wildman–Crippen MR) is 106 cm³/mol. The SMILES string of the molecule is CC1=C(C2C(=O)CC3(CCN(S(=O)(=O)CCl)CC3)CC2=O)C(C)CC(C)C1. The Hall–Kier alpha value is -0.720. The molecule has 1 spiro atoms. The molecule has 0 radical (unpaired) electrons. The van der Waals surface area contributed by atoms with Crippen molar-refractivity contribution in [3.63, 3.8) is 0 Å². The van der Waals surface area contributed by atoms with Crippen LogP contribution in [0.3, 0.4) is 0 Å². The van der Waals surface area contributed by atoms with Crippen LogP contribution in [0.25, 0.3) is 0 Å². The van der Waals surface area contributed by atoms with Crippen molar-refractivity contribution < 1.29 is 18.0 Å². The average Bonchev–Trinajstić information content (AvgIpc) is 2.57. The van der Waals surface area contributed by atoms with Gasteiger partial charge in [-0.15, -0.1) is 11.6 Å². The molecule has 5 nitrogen and oxygen atoms in total. The minimum Gasteiger partial charge on any atom is -0.299 e. The van der Waals surface area contributed by atoms with E-state index in [1.165, 1.54) is 9.88 Å². The van der Waals surface area contributed by atoms with Gasteiger partial charge in [-0.05, 0) is 49.9 Å². The van der Waals surface area contributed by atoms with Crippen molar-refractivity contribution >= 4 is 33.2 Å². The second kappa shape index (κ2) is 7.60.